The Balaban J connectivity index is 1.21. The van der Waals surface area contributed by atoms with Gasteiger partial charge in [0.05, 0.1) is 5.56 Å². The van der Waals surface area contributed by atoms with E-state index in [-0.39, 0.29) is 17.7 Å². The normalized spacial score (nSPS) is 14.8. The molecule has 2 aromatic carbocycles. The molecule has 5 rings (SSSR count). The number of halogens is 4. The fourth-order valence-electron chi connectivity index (χ4n) is 3.83. The van der Waals surface area contributed by atoms with Crippen molar-refractivity contribution in [2.75, 3.05) is 18.0 Å². The summed E-state index contributed by atoms with van der Waals surface area (Å²) in [6.07, 6.45) is -3.64. The zero-order valence-electron chi connectivity index (χ0n) is 18.2. The van der Waals surface area contributed by atoms with Crippen LogP contribution in [0.25, 0.3) is 21.3 Å². The average Bonchev–Trinajstić information content (AvgIpc) is 3.35. The molecule has 0 N–H and O–H groups in total. The predicted molar refractivity (Wildman–Crippen MR) is 124 cm³/mol. The Morgan fingerprint density at radius 1 is 0.829 bits per heavy atom. The van der Waals surface area contributed by atoms with E-state index in [1.807, 2.05) is 11.0 Å². The molecule has 0 aliphatic carbocycles. The van der Waals surface area contributed by atoms with Crippen molar-refractivity contribution in [2.24, 2.45) is 0 Å². The van der Waals surface area contributed by atoms with Crippen molar-refractivity contribution < 1.29 is 22.3 Å². The minimum absolute atomic E-state index is 0.139. The highest BCUT2D eigenvalue weighted by Crippen LogP contribution is 2.37. The molecule has 0 saturated carbocycles. The molecule has 2 aromatic heterocycles. The Hall–Kier alpha value is -3.60. The first-order chi connectivity index (χ1) is 16.9. The Labute approximate surface area is 202 Å². The maximum absolute atomic E-state index is 13.2. The summed E-state index contributed by atoms with van der Waals surface area (Å²) in [5.41, 5.74) is 0.576. The van der Waals surface area contributed by atoms with Gasteiger partial charge in [-0.15, -0.1) is 20.4 Å². The van der Waals surface area contributed by atoms with Gasteiger partial charge in [-0.05, 0) is 48.5 Å². The second-order valence-electron chi connectivity index (χ2n) is 7.99. The second kappa shape index (κ2) is 9.57. The molecule has 0 amide bonds. The van der Waals surface area contributed by atoms with Crippen LogP contribution in [-0.2, 0) is 6.18 Å². The minimum Gasteiger partial charge on any atom is -0.490 e. The van der Waals surface area contributed by atoms with Gasteiger partial charge in [-0.25, -0.2) is 4.39 Å². The third-order valence-corrected chi connectivity index (χ3v) is 6.63. The van der Waals surface area contributed by atoms with Crippen molar-refractivity contribution >= 4 is 17.2 Å². The molecular weight excluding hydrogens is 482 g/mol. The first-order valence-corrected chi connectivity index (χ1v) is 11.7. The second-order valence-corrected chi connectivity index (χ2v) is 8.97. The minimum atomic E-state index is -4.46. The van der Waals surface area contributed by atoms with E-state index in [0.29, 0.717) is 47.5 Å². The van der Waals surface area contributed by atoms with Crippen molar-refractivity contribution in [1.82, 2.24) is 20.4 Å². The number of anilines is 1. The smallest absolute Gasteiger partial charge is 0.419 e. The van der Waals surface area contributed by atoms with Crippen LogP contribution in [0.15, 0.2) is 60.7 Å². The molecule has 1 aliphatic heterocycles. The van der Waals surface area contributed by atoms with Crippen molar-refractivity contribution in [1.29, 1.82) is 0 Å². The highest BCUT2D eigenvalue weighted by molar-refractivity contribution is 7.17. The number of hydrogen-bond donors (Lipinski definition) is 0. The third-order valence-electron chi connectivity index (χ3n) is 5.64. The Kier molecular flexibility index (Phi) is 6.33. The van der Waals surface area contributed by atoms with Gasteiger partial charge in [-0.3, -0.25) is 0 Å². The lowest BCUT2D eigenvalue weighted by atomic mass is 10.1. The number of ether oxygens (including phenoxy) is 1. The van der Waals surface area contributed by atoms with E-state index in [2.05, 4.69) is 20.4 Å². The summed E-state index contributed by atoms with van der Waals surface area (Å²) in [7, 11) is 0. The van der Waals surface area contributed by atoms with Gasteiger partial charge in [0, 0.05) is 31.5 Å². The Morgan fingerprint density at radius 2 is 1.54 bits per heavy atom. The molecule has 0 spiro atoms. The van der Waals surface area contributed by atoms with Crippen LogP contribution in [0.2, 0.25) is 0 Å². The number of hydrogen-bond acceptors (Lipinski definition) is 7. The average molecular weight is 502 g/mol. The summed E-state index contributed by atoms with van der Waals surface area (Å²) in [6, 6.07) is 14.9. The van der Waals surface area contributed by atoms with Crippen LogP contribution < -0.4 is 9.64 Å². The monoisotopic (exact) mass is 501 g/mol. The molecule has 11 heteroatoms. The molecule has 0 radical (unpaired) electrons. The van der Waals surface area contributed by atoms with E-state index < -0.39 is 11.7 Å². The van der Waals surface area contributed by atoms with Gasteiger partial charge in [0.15, 0.2) is 10.8 Å². The topological polar surface area (TPSA) is 64.0 Å². The van der Waals surface area contributed by atoms with Gasteiger partial charge in [-0.2, -0.15) is 13.2 Å². The number of aromatic nitrogens is 4. The molecule has 6 nitrogen and oxygen atoms in total. The lowest BCUT2D eigenvalue weighted by Gasteiger charge is -2.33. The molecule has 180 valence electrons. The van der Waals surface area contributed by atoms with Crippen LogP contribution in [0.3, 0.4) is 0 Å². The number of piperidine rings is 1. The van der Waals surface area contributed by atoms with E-state index in [1.165, 1.54) is 41.7 Å². The zero-order valence-corrected chi connectivity index (χ0v) is 19.1. The lowest BCUT2D eigenvalue weighted by Crippen LogP contribution is -2.39. The SMILES string of the molecule is Fc1ccc(-c2nnc(-c3ccc(N4CCC(Oc5ccccc5C(F)(F)F)CC4)nn3)s2)cc1. The van der Waals surface area contributed by atoms with Crippen LogP contribution in [0.1, 0.15) is 18.4 Å². The zero-order chi connectivity index (χ0) is 24.4. The van der Waals surface area contributed by atoms with Crippen LogP contribution >= 0.6 is 11.3 Å². The summed E-state index contributed by atoms with van der Waals surface area (Å²) in [4.78, 5) is 2.02. The van der Waals surface area contributed by atoms with E-state index >= 15 is 0 Å². The summed E-state index contributed by atoms with van der Waals surface area (Å²) >= 11 is 1.33. The number of benzene rings is 2. The van der Waals surface area contributed by atoms with Gasteiger partial charge in [0.2, 0.25) is 0 Å². The number of nitrogens with zero attached hydrogens (tertiary/aromatic N) is 5. The fourth-order valence-corrected chi connectivity index (χ4v) is 4.64. The highest BCUT2D eigenvalue weighted by atomic mass is 32.1. The van der Waals surface area contributed by atoms with E-state index in [9.17, 15) is 17.6 Å². The van der Waals surface area contributed by atoms with Crippen LogP contribution in [0.4, 0.5) is 23.4 Å². The molecule has 1 fully saturated rings. The summed E-state index contributed by atoms with van der Waals surface area (Å²) in [5.74, 6) is 0.215. The third kappa shape index (κ3) is 5.24. The molecule has 0 bridgehead atoms. The van der Waals surface area contributed by atoms with Crippen molar-refractivity contribution in [2.45, 2.75) is 25.1 Å². The van der Waals surface area contributed by atoms with Crippen LogP contribution in [-0.4, -0.2) is 39.6 Å². The van der Waals surface area contributed by atoms with Crippen LogP contribution in [0.5, 0.6) is 5.75 Å². The first-order valence-electron chi connectivity index (χ1n) is 10.9. The highest BCUT2D eigenvalue weighted by Gasteiger charge is 2.35. The summed E-state index contributed by atoms with van der Waals surface area (Å²) in [6.45, 7) is 1.17. The number of para-hydroxylation sites is 1. The summed E-state index contributed by atoms with van der Waals surface area (Å²) < 4.78 is 58.5. The first kappa shape index (κ1) is 23.2. The lowest BCUT2D eigenvalue weighted by molar-refractivity contribution is -0.139. The van der Waals surface area contributed by atoms with Crippen molar-refractivity contribution in [3.8, 4) is 27.0 Å². The molecule has 0 unspecified atom stereocenters. The van der Waals surface area contributed by atoms with Gasteiger partial charge in [0.1, 0.15) is 28.4 Å². The van der Waals surface area contributed by atoms with E-state index in [0.717, 1.165) is 11.6 Å². The standard InChI is InChI=1S/C24H19F4N5OS/c25-16-7-5-15(6-8-16)22-31-32-23(35-22)19-9-10-21(30-29-19)33-13-11-17(12-14-33)34-20-4-2-1-3-18(20)24(26,27)28/h1-10,17H,11-14H2. The molecular formula is C24H19F4N5OS. The molecule has 3 heterocycles. The maximum atomic E-state index is 13.2. The van der Waals surface area contributed by atoms with E-state index in [1.54, 1.807) is 18.2 Å². The van der Waals surface area contributed by atoms with Gasteiger partial charge < -0.3 is 9.64 Å². The van der Waals surface area contributed by atoms with Gasteiger partial charge in [0.25, 0.3) is 0 Å². The number of rotatable bonds is 5. The largest absolute Gasteiger partial charge is 0.490 e. The molecule has 1 aliphatic rings. The number of alkyl halides is 3. The quantitative estimate of drug-likeness (QED) is 0.319. The summed E-state index contributed by atoms with van der Waals surface area (Å²) in [5, 5.41) is 18.1. The van der Waals surface area contributed by atoms with Crippen molar-refractivity contribution in [3.05, 3.63) is 72.0 Å². The molecule has 1 saturated heterocycles. The molecule has 4 aromatic rings. The van der Waals surface area contributed by atoms with E-state index in [4.69, 9.17) is 4.74 Å². The Bertz CT molecular complexity index is 1290. The maximum Gasteiger partial charge on any atom is 0.419 e. The molecule has 35 heavy (non-hydrogen) atoms. The van der Waals surface area contributed by atoms with Crippen molar-refractivity contribution in [3.63, 3.8) is 0 Å². The van der Waals surface area contributed by atoms with Gasteiger partial charge >= 0.3 is 6.18 Å². The molecule has 0 atom stereocenters. The van der Waals surface area contributed by atoms with Crippen LogP contribution in [0, 0.1) is 5.82 Å². The Morgan fingerprint density at radius 3 is 2.23 bits per heavy atom. The predicted octanol–water partition coefficient (Wildman–Crippen LogP) is 5.87. The fraction of sp³-hybridized carbons (Fsp3) is 0.250. The van der Waals surface area contributed by atoms with Gasteiger partial charge in [-0.1, -0.05) is 23.5 Å².